The van der Waals surface area contributed by atoms with Gasteiger partial charge in [0.15, 0.2) is 0 Å². The topological polar surface area (TPSA) is 63.6 Å². The predicted molar refractivity (Wildman–Crippen MR) is 65.8 cm³/mol. The van der Waals surface area contributed by atoms with Crippen molar-refractivity contribution < 1.29 is 19.4 Å². The van der Waals surface area contributed by atoms with Crippen LogP contribution in [0.3, 0.4) is 0 Å². The number of ether oxygens (including phenoxy) is 1. The van der Waals surface area contributed by atoms with E-state index in [9.17, 15) is 9.59 Å². The van der Waals surface area contributed by atoms with E-state index in [1.54, 1.807) is 20.8 Å². The van der Waals surface area contributed by atoms with Crippen LogP contribution in [0.5, 0.6) is 0 Å². The Morgan fingerprint density at radius 2 is 1.82 bits per heavy atom. The molecule has 0 radical (unpaired) electrons. The van der Waals surface area contributed by atoms with Crippen molar-refractivity contribution in [2.75, 3.05) is 0 Å². The van der Waals surface area contributed by atoms with E-state index in [0.717, 1.165) is 0 Å². The van der Waals surface area contributed by atoms with Gasteiger partial charge in [-0.05, 0) is 39.0 Å². The quantitative estimate of drug-likeness (QED) is 0.629. The Morgan fingerprint density at radius 3 is 2.29 bits per heavy atom. The SMILES string of the molecule is CC(C)(C)OC(=O)c1cc(S)ccc1C(=O)O. The van der Waals surface area contributed by atoms with E-state index in [-0.39, 0.29) is 11.1 Å². The number of esters is 1. The second-order valence-corrected chi connectivity index (χ2v) is 5.05. The first-order valence-electron chi connectivity index (χ1n) is 5.00. The van der Waals surface area contributed by atoms with Crippen molar-refractivity contribution in [3.8, 4) is 0 Å². The molecule has 92 valence electrons. The van der Waals surface area contributed by atoms with E-state index in [0.29, 0.717) is 4.90 Å². The number of carboxylic acid groups (broad SMARTS) is 1. The minimum absolute atomic E-state index is 0.0138. The summed E-state index contributed by atoms with van der Waals surface area (Å²) in [7, 11) is 0. The van der Waals surface area contributed by atoms with Crippen LogP contribution in [0.2, 0.25) is 0 Å². The van der Waals surface area contributed by atoms with E-state index in [2.05, 4.69) is 12.6 Å². The number of carbonyl (C=O) groups is 2. The molecule has 1 N–H and O–H groups in total. The van der Waals surface area contributed by atoms with E-state index in [1.807, 2.05) is 0 Å². The van der Waals surface area contributed by atoms with Crippen LogP contribution in [0.4, 0.5) is 0 Å². The lowest BCUT2D eigenvalue weighted by atomic mass is 10.1. The first-order valence-corrected chi connectivity index (χ1v) is 5.45. The molecule has 0 aliphatic heterocycles. The molecule has 0 unspecified atom stereocenters. The molecule has 0 heterocycles. The van der Waals surface area contributed by atoms with Gasteiger partial charge in [0, 0.05) is 4.90 Å². The van der Waals surface area contributed by atoms with E-state index < -0.39 is 17.5 Å². The average molecular weight is 254 g/mol. The van der Waals surface area contributed by atoms with Gasteiger partial charge >= 0.3 is 11.9 Å². The second-order valence-electron chi connectivity index (χ2n) is 4.54. The summed E-state index contributed by atoms with van der Waals surface area (Å²) >= 11 is 4.08. The fraction of sp³-hybridized carbons (Fsp3) is 0.333. The predicted octanol–water partition coefficient (Wildman–Crippen LogP) is 2.63. The average Bonchev–Trinajstić information content (AvgIpc) is 2.14. The van der Waals surface area contributed by atoms with Crippen LogP contribution < -0.4 is 0 Å². The van der Waals surface area contributed by atoms with Crippen molar-refractivity contribution in [2.45, 2.75) is 31.3 Å². The molecule has 0 bridgehead atoms. The maximum atomic E-state index is 11.8. The van der Waals surface area contributed by atoms with Crippen LogP contribution in [0.15, 0.2) is 23.1 Å². The lowest BCUT2D eigenvalue weighted by Crippen LogP contribution is -2.25. The van der Waals surface area contributed by atoms with Crippen molar-refractivity contribution in [1.29, 1.82) is 0 Å². The Kier molecular flexibility index (Phi) is 3.83. The third-order valence-electron chi connectivity index (χ3n) is 1.85. The van der Waals surface area contributed by atoms with Crippen LogP contribution in [-0.2, 0) is 4.74 Å². The highest BCUT2D eigenvalue weighted by atomic mass is 32.1. The molecule has 1 aromatic carbocycles. The highest BCUT2D eigenvalue weighted by molar-refractivity contribution is 7.80. The van der Waals surface area contributed by atoms with Crippen molar-refractivity contribution in [2.24, 2.45) is 0 Å². The maximum absolute atomic E-state index is 11.8. The molecule has 0 atom stereocenters. The van der Waals surface area contributed by atoms with Gasteiger partial charge in [-0.1, -0.05) is 0 Å². The summed E-state index contributed by atoms with van der Waals surface area (Å²) in [4.78, 5) is 23.3. The van der Waals surface area contributed by atoms with Crippen LogP contribution in [-0.4, -0.2) is 22.6 Å². The summed E-state index contributed by atoms with van der Waals surface area (Å²) in [6, 6.07) is 4.24. The number of hydrogen-bond acceptors (Lipinski definition) is 4. The van der Waals surface area contributed by atoms with E-state index in [1.165, 1.54) is 18.2 Å². The molecule has 17 heavy (non-hydrogen) atoms. The molecule has 0 aromatic heterocycles. The standard InChI is InChI=1S/C12H14O4S/c1-12(2,3)16-11(15)9-6-7(17)4-5-8(9)10(13)14/h4-6,17H,1-3H3,(H,13,14). The van der Waals surface area contributed by atoms with Crippen molar-refractivity contribution >= 4 is 24.6 Å². The molecule has 0 aliphatic carbocycles. The second kappa shape index (κ2) is 4.79. The molecule has 1 rings (SSSR count). The zero-order valence-electron chi connectivity index (χ0n) is 9.85. The number of benzene rings is 1. The number of carboxylic acids is 1. The van der Waals surface area contributed by atoms with Gasteiger partial charge < -0.3 is 9.84 Å². The van der Waals surface area contributed by atoms with Crippen LogP contribution in [0.1, 0.15) is 41.5 Å². The summed E-state index contributed by atoms with van der Waals surface area (Å²) in [5.41, 5.74) is -0.739. The Hall–Kier alpha value is -1.49. The molecule has 0 saturated carbocycles. The first kappa shape index (κ1) is 13.6. The minimum Gasteiger partial charge on any atom is -0.478 e. The molecule has 0 spiro atoms. The van der Waals surface area contributed by atoms with Crippen molar-refractivity contribution in [1.82, 2.24) is 0 Å². The number of hydrogen-bond donors (Lipinski definition) is 2. The zero-order valence-corrected chi connectivity index (χ0v) is 10.7. The summed E-state index contributed by atoms with van der Waals surface area (Å²) in [5.74, 6) is -1.83. The molecule has 0 fully saturated rings. The number of aromatic carboxylic acids is 1. The summed E-state index contributed by atoms with van der Waals surface area (Å²) in [6.07, 6.45) is 0. The van der Waals surface area contributed by atoms with E-state index >= 15 is 0 Å². The van der Waals surface area contributed by atoms with Gasteiger partial charge in [0.1, 0.15) is 5.60 Å². The fourth-order valence-electron chi connectivity index (χ4n) is 1.22. The smallest absolute Gasteiger partial charge is 0.339 e. The lowest BCUT2D eigenvalue weighted by molar-refractivity contribution is 0.00655. The largest absolute Gasteiger partial charge is 0.478 e. The summed E-state index contributed by atoms with van der Waals surface area (Å²) < 4.78 is 5.13. The van der Waals surface area contributed by atoms with E-state index in [4.69, 9.17) is 9.84 Å². The molecular formula is C12H14O4S. The molecule has 0 aliphatic rings. The normalized spacial score (nSPS) is 11.1. The number of carbonyl (C=O) groups excluding carboxylic acids is 1. The third-order valence-corrected chi connectivity index (χ3v) is 2.13. The van der Waals surface area contributed by atoms with Crippen LogP contribution >= 0.6 is 12.6 Å². The van der Waals surface area contributed by atoms with Crippen molar-refractivity contribution in [3.63, 3.8) is 0 Å². The lowest BCUT2D eigenvalue weighted by Gasteiger charge is -2.20. The van der Waals surface area contributed by atoms with Gasteiger partial charge in [0.25, 0.3) is 0 Å². The van der Waals surface area contributed by atoms with Gasteiger partial charge in [0.05, 0.1) is 11.1 Å². The molecular weight excluding hydrogens is 240 g/mol. The molecule has 0 amide bonds. The molecule has 4 nitrogen and oxygen atoms in total. The zero-order chi connectivity index (χ0) is 13.2. The van der Waals surface area contributed by atoms with Crippen LogP contribution in [0, 0.1) is 0 Å². The Bertz CT molecular complexity index is 460. The minimum atomic E-state index is -1.17. The maximum Gasteiger partial charge on any atom is 0.339 e. The Morgan fingerprint density at radius 1 is 1.24 bits per heavy atom. The highest BCUT2D eigenvalue weighted by Crippen LogP contribution is 2.19. The Labute approximate surface area is 105 Å². The highest BCUT2D eigenvalue weighted by Gasteiger charge is 2.22. The monoisotopic (exact) mass is 254 g/mol. The molecule has 5 heteroatoms. The molecule has 0 saturated heterocycles. The van der Waals surface area contributed by atoms with Crippen molar-refractivity contribution in [3.05, 3.63) is 29.3 Å². The van der Waals surface area contributed by atoms with Gasteiger partial charge in [-0.2, -0.15) is 0 Å². The van der Waals surface area contributed by atoms with Gasteiger partial charge in [-0.15, -0.1) is 12.6 Å². The Balaban J connectivity index is 3.16. The number of thiol groups is 1. The first-order chi connectivity index (χ1) is 7.70. The third kappa shape index (κ3) is 3.78. The van der Waals surface area contributed by atoms with Gasteiger partial charge in [-0.3, -0.25) is 0 Å². The fourth-order valence-corrected chi connectivity index (χ4v) is 1.42. The summed E-state index contributed by atoms with van der Waals surface area (Å²) in [6.45, 7) is 5.15. The van der Waals surface area contributed by atoms with Crippen LogP contribution in [0.25, 0.3) is 0 Å². The molecule has 1 aromatic rings. The van der Waals surface area contributed by atoms with Gasteiger partial charge in [0.2, 0.25) is 0 Å². The van der Waals surface area contributed by atoms with Gasteiger partial charge in [-0.25, -0.2) is 9.59 Å². The number of rotatable bonds is 2. The summed E-state index contributed by atoms with van der Waals surface area (Å²) in [5, 5.41) is 8.97.